The smallest absolute Gasteiger partial charge is 0.249 e. The number of fused-ring (bicyclic) bond motifs is 1. The summed E-state index contributed by atoms with van der Waals surface area (Å²) in [5.74, 6) is -1.06. The van der Waals surface area contributed by atoms with Crippen LogP contribution < -0.4 is 10.6 Å². The predicted octanol–water partition coefficient (Wildman–Crippen LogP) is 1.84. The zero-order valence-corrected chi connectivity index (χ0v) is 13.5. The quantitative estimate of drug-likeness (QED) is 0.656. The number of halogens is 1. The van der Waals surface area contributed by atoms with Crippen molar-refractivity contribution in [1.82, 2.24) is 20.5 Å². The highest BCUT2D eigenvalue weighted by Crippen LogP contribution is 2.21. The Morgan fingerprint density at radius 1 is 1.42 bits per heavy atom. The number of nitrogens with one attached hydrogen (secondary N) is 3. The Bertz CT molecular complexity index is 877. The van der Waals surface area contributed by atoms with Crippen molar-refractivity contribution in [1.29, 1.82) is 0 Å². The second-order valence-electron chi connectivity index (χ2n) is 5.19. The molecule has 0 saturated heterocycles. The number of amides is 2. The van der Waals surface area contributed by atoms with Crippen LogP contribution in [0.15, 0.2) is 29.9 Å². The summed E-state index contributed by atoms with van der Waals surface area (Å²) < 4.78 is 13.3. The first kappa shape index (κ1) is 16.1. The highest BCUT2D eigenvalue weighted by atomic mass is 32.1. The molecule has 1 atom stereocenters. The topological polar surface area (TPSA) is 99.8 Å². The lowest BCUT2D eigenvalue weighted by molar-refractivity contribution is -0.125. The van der Waals surface area contributed by atoms with Gasteiger partial charge >= 0.3 is 0 Å². The van der Waals surface area contributed by atoms with Crippen molar-refractivity contribution >= 4 is 39.2 Å². The van der Waals surface area contributed by atoms with Gasteiger partial charge in [0, 0.05) is 30.4 Å². The van der Waals surface area contributed by atoms with Crippen LogP contribution in [0.25, 0.3) is 10.9 Å². The zero-order valence-electron chi connectivity index (χ0n) is 12.7. The van der Waals surface area contributed by atoms with Crippen molar-refractivity contribution in [2.45, 2.75) is 19.4 Å². The number of aromatic nitrogens is 3. The molecule has 9 heteroatoms. The fourth-order valence-electron chi connectivity index (χ4n) is 2.42. The molecule has 0 saturated carbocycles. The number of hydrogen-bond acceptors (Lipinski definition) is 5. The largest absolute Gasteiger partial charge is 0.361 e. The van der Waals surface area contributed by atoms with Crippen molar-refractivity contribution in [2.75, 3.05) is 5.32 Å². The van der Waals surface area contributed by atoms with Crippen molar-refractivity contribution < 1.29 is 14.0 Å². The van der Waals surface area contributed by atoms with Crippen LogP contribution in [0.2, 0.25) is 0 Å². The molecule has 3 rings (SSSR count). The van der Waals surface area contributed by atoms with Gasteiger partial charge in [-0.25, -0.2) is 4.39 Å². The molecule has 0 radical (unpaired) electrons. The van der Waals surface area contributed by atoms with E-state index >= 15 is 0 Å². The van der Waals surface area contributed by atoms with Crippen molar-refractivity contribution in [3.63, 3.8) is 0 Å². The summed E-state index contributed by atoms with van der Waals surface area (Å²) in [6, 6.07) is 3.60. The van der Waals surface area contributed by atoms with E-state index in [1.807, 2.05) is 0 Å². The summed E-state index contributed by atoms with van der Waals surface area (Å²) >= 11 is 1.18. The van der Waals surface area contributed by atoms with E-state index in [0.29, 0.717) is 10.6 Å². The van der Waals surface area contributed by atoms with Crippen LogP contribution in [-0.2, 0) is 16.0 Å². The Hall–Kier alpha value is -2.81. The summed E-state index contributed by atoms with van der Waals surface area (Å²) in [7, 11) is 0. The summed E-state index contributed by atoms with van der Waals surface area (Å²) in [4.78, 5) is 26.8. The SMILES string of the molecule is CC(=O)N[C@H](Cc1c[nH]c2cc(F)ccc12)C(=O)Nc1nncs1. The Kier molecular flexibility index (Phi) is 4.52. The lowest BCUT2D eigenvalue weighted by Gasteiger charge is -2.16. The molecular weight excluding hydrogens is 333 g/mol. The monoisotopic (exact) mass is 347 g/mol. The van der Waals surface area contributed by atoms with E-state index in [4.69, 9.17) is 0 Å². The fourth-order valence-corrected chi connectivity index (χ4v) is 2.87. The molecule has 2 amide bonds. The lowest BCUT2D eigenvalue weighted by Crippen LogP contribution is -2.44. The number of H-pyrrole nitrogens is 1. The van der Waals surface area contributed by atoms with Gasteiger partial charge in [-0.15, -0.1) is 10.2 Å². The van der Waals surface area contributed by atoms with Crippen LogP contribution >= 0.6 is 11.3 Å². The number of anilines is 1. The lowest BCUT2D eigenvalue weighted by atomic mass is 10.0. The van der Waals surface area contributed by atoms with Crippen molar-refractivity contribution in [3.05, 3.63) is 41.3 Å². The number of carbonyl (C=O) groups is 2. The number of benzene rings is 1. The number of nitrogens with zero attached hydrogens (tertiary/aromatic N) is 2. The van der Waals surface area contributed by atoms with E-state index < -0.39 is 11.9 Å². The molecule has 1 aromatic carbocycles. The van der Waals surface area contributed by atoms with Crippen LogP contribution in [0.1, 0.15) is 12.5 Å². The predicted molar refractivity (Wildman–Crippen MR) is 88.1 cm³/mol. The Balaban J connectivity index is 1.82. The van der Waals surface area contributed by atoms with Gasteiger partial charge in [0.15, 0.2) is 0 Å². The van der Waals surface area contributed by atoms with Gasteiger partial charge in [-0.05, 0) is 23.8 Å². The highest BCUT2D eigenvalue weighted by molar-refractivity contribution is 7.13. The minimum atomic E-state index is -0.782. The average Bonchev–Trinajstić information content (AvgIpc) is 3.16. The molecule has 0 spiro atoms. The molecule has 0 aliphatic rings. The number of carbonyl (C=O) groups excluding carboxylic acids is 2. The van der Waals surface area contributed by atoms with Crippen LogP contribution in [-0.4, -0.2) is 33.0 Å². The second kappa shape index (κ2) is 6.75. The molecule has 24 heavy (non-hydrogen) atoms. The van der Waals surface area contributed by atoms with E-state index in [1.165, 1.54) is 35.9 Å². The Morgan fingerprint density at radius 3 is 2.96 bits per heavy atom. The van der Waals surface area contributed by atoms with E-state index in [0.717, 1.165) is 10.9 Å². The van der Waals surface area contributed by atoms with E-state index in [9.17, 15) is 14.0 Å². The third kappa shape index (κ3) is 3.57. The zero-order chi connectivity index (χ0) is 17.1. The molecule has 0 fully saturated rings. The third-order valence-electron chi connectivity index (χ3n) is 3.44. The number of hydrogen-bond donors (Lipinski definition) is 3. The van der Waals surface area contributed by atoms with E-state index in [-0.39, 0.29) is 18.1 Å². The highest BCUT2D eigenvalue weighted by Gasteiger charge is 2.22. The molecule has 0 bridgehead atoms. The van der Waals surface area contributed by atoms with Gasteiger partial charge in [0.25, 0.3) is 0 Å². The number of aromatic amines is 1. The standard InChI is InChI=1S/C15H14FN5O2S/c1-8(22)19-13(14(23)20-15-21-18-7-24-15)4-9-6-17-12-5-10(16)2-3-11(9)12/h2-3,5-7,13,17H,4H2,1H3,(H,19,22)(H,20,21,23)/t13-/m1/s1. The van der Waals surface area contributed by atoms with Crippen LogP contribution in [0, 0.1) is 5.82 Å². The van der Waals surface area contributed by atoms with Crippen molar-refractivity contribution in [2.24, 2.45) is 0 Å². The van der Waals surface area contributed by atoms with Crippen LogP contribution in [0.5, 0.6) is 0 Å². The number of rotatable bonds is 5. The van der Waals surface area contributed by atoms with E-state index in [1.54, 1.807) is 12.3 Å². The van der Waals surface area contributed by atoms with Crippen molar-refractivity contribution in [3.8, 4) is 0 Å². The first-order valence-electron chi connectivity index (χ1n) is 7.12. The Morgan fingerprint density at radius 2 is 2.25 bits per heavy atom. The summed E-state index contributed by atoms with van der Waals surface area (Å²) in [5, 5.41) is 13.8. The molecule has 0 unspecified atom stereocenters. The molecule has 3 N–H and O–H groups in total. The minimum absolute atomic E-state index is 0.260. The Labute approximate surface area is 140 Å². The minimum Gasteiger partial charge on any atom is -0.361 e. The fraction of sp³-hybridized carbons (Fsp3) is 0.200. The van der Waals surface area contributed by atoms with Gasteiger partial charge in [-0.1, -0.05) is 11.3 Å². The first-order chi connectivity index (χ1) is 11.5. The van der Waals surface area contributed by atoms with Gasteiger partial charge in [-0.3, -0.25) is 14.9 Å². The van der Waals surface area contributed by atoms with E-state index in [2.05, 4.69) is 25.8 Å². The van der Waals surface area contributed by atoms with Gasteiger partial charge in [-0.2, -0.15) is 0 Å². The van der Waals surface area contributed by atoms with Gasteiger partial charge < -0.3 is 10.3 Å². The van der Waals surface area contributed by atoms with Gasteiger partial charge in [0.05, 0.1) is 0 Å². The molecular formula is C15H14FN5O2S. The third-order valence-corrected chi connectivity index (χ3v) is 4.04. The van der Waals surface area contributed by atoms with Gasteiger partial charge in [0.1, 0.15) is 17.4 Å². The summed E-state index contributed by atoms with van der Waals surface area (Å²) in [6.45, 7) is 1.34. The maximum absolute atomic E-state index is 13.3. The maximum Gasteiger partial charge on any atom is 0.249 e. The maximum atomic E-state index is 13.3. The first-order valence-corrected chi connectivity index (χ1v) is 8.00. The molecule has 2 heterocycles. The molecule has 124 valence electrons. The summed E-state index contributed by atoms with van der Waals surface area (Å²) in [6.07, 6.45) is 1.97. The average molecular weight is 347 g/mol. The van der Waals surface area contributed by atoms with Crippen LogP contribution in [0.3, 0.4) is 0 Å². The molecule has 2 aromatic heterocycles. The normalized spacial score (nSPS) is 12.1. The molecule has 0 aliphatic heterocycles. The summed E-state index contributed by atoms with van der Waals surface area (Å²) in [5.41, 5.74) is 2.93. The molecule has 7 nitrogen and oxygen atoms in total. The molecule has 0 aliphatic carbocycles. The van der Waals surface area contributed by atoms with Gasteiger partial charge in [0.2, 0.25) is 16.9 Å². The second-order valence-corrected chi connectivity index (χ2v) is 6.03. The van der Waals surface area contributed by atoms with Crippen LogP contribution in [0.4, 0.5) is 9.52 Å². The molecule has 3 aromatic rings.